The van der Waals surface area contributed by atoms with Crippen molar-refractivity contribution in [3.8, 4) is 5.75 Å². The van der Waals surface area contributed by atoms with Gasteiger partial charge < -0.3 is 10.5 Å². The van der Waals surface area contributed by atoms with Crippen LogP contribution in [0.3, 0.4) is 0 Å². The van der Waals surface area contributed by atoms with Crippen molar-refractivity contribution in [1.29, 1.82) is 0 Å². The van der Waals surface area contributed by atoms with E-state index >= 15 is 0 Å². The number of nitrogen functional groups attached to an aromatic ring is 1. The fourth-order valence-electron chi connectivity index (χ4n) is 2.41. The van der Waals surface area contributed by atoms with E-state index in [1.165, 1.54) is 12.0 Å². The van der Waals surface area contributed by atoms with E-state index in [4.69, 9.17) is 10.5 Å². The minimum Gasteiger partial charge on any atom is -0.495 e. The van der Waals surface area contributed by atoms with Crippen LogP contribution in [0.1, 0.15) is 11.1 Å². The standard InChI is InChI=1S/C13H17F3N2O/c1-19-12-7-10-3-5-18(8-13(14,15)16)4-2-9(10)6-11(12)17/h6-7H,2-5,8,17H2,1H3. The molecule has 0 aliphatic carbocycles. The Hall–Kier alpha value is -1.43. The number of benzene rings is 1. The summed E-state index contributed by atoms with van der Waals surface area (Å²) in [6, 6.07) is 3.65. The van der Waals surface area contributed by atoms with Crippen molar-refractivity contribution in [2.75, 3.05) is 32.5 Å². The molecule has 2 N–H and O–H groups in total. The van der Waals surface area contributed by atoms with Crippen molar-refractivity contribution in [2.24, 2.45) is 0 Å². The SMILES string of the molecule is COc1cc2c(cc1N)CCN(CC(F)(F)F)CC2. The van der Waals surface area contributed by atoms with Gasteiger partial charge in [0.25, 0.3) is 0 Å². The summed E-state index contributed by atoms with van der Waals surface area (Å²) >= 11 is 0. The molecule has 1 heterocycles. The third-order valence-electron chi connectivity index (χ3n) is 3.35. The van der Waals surface area contributed by atoms with Gasteiger partial charge in [0.2, 0.25) is 0 Å². The predicted octanol–water partition coefficient (Wildman–Crippen LogP) is 2.24. The van der Waals surface area contributed by atoms with Crippen LogP contribution >= 0.6 is 0 Å². The van der Waals surface area contributed by atoms with Crippen LogP contribution in [0.2, 0.25) is 0 Å². The Morgan fingerprint density at radius 2 is 1.79 bits per heavy atom. The van der Waals surface area contributed by atoms with Crippen molar-refractivity contribution in [1.82, 2.24) is 4.90 Å². The summed E-state index contributed by atoms with van der Waals surface area (Å²) in [6.07, 6.45) is -2.98. The molecule has 0 saturated carbocycles. The van der Waals surface area contributed by atoms with Crippen molar-refractivity contribution in [2.45, 2.75) is 19.0 Å². The van der Waals surface area contributed by atoms with E-state index in [9.17, 15) is 13.2 Å². The van der Waals surface area contributed by atoms with Gasteiger partial charge in [0.15, 0.2) is 0 Å². The number of methoxy groups -OCH3 is 1. The van der Waals surface area contributed by atoms with E-state index in [0.717, 1.165) is 11.1 Å². The Morgan fingerprint density at radius 1 is 1.21 bits per heavy atom. The maximum absolute atomic E-state index is 12.4. The third kappa shape index (κ3) is 3.53. The van der Waals surface area contributed by atoms with Crippen molar-refractivity contribution < 1.29 is 17.9 Å². The molecule has 1 aliphatic heterocycles. The van der Waals surface area contributed by atoms with Crippen molar-refractivity contribution >= 4 is 5.69 Å². The first-order valence-electron chi connectivity index (χ1n) is 6.13. The smallest absolute Gasteiger partial charge is 0.401 e. The Morgan fingerprint density at radius 3 is 2.32 bits per heavy atom. The molecule has 0 atom stereocenters. The lowest BCUT2D eigenvalue weighted by atomic mass is 10.0. The molecule has 106 valence electrons. The van der Waals surface area contributed by atoms with Gasteiger partial charge in [-0.1, -0.05) is 0 Å². The molecule has 1 aromatic rings. The lowest BCUT2D eigenvalue weighted by molar-refractivity contribution is -0.145. The maximum atomic E-state index is 12.4. The van der Waals surface area contributed by atoms with E-state index < -0.39 is 12.7 Å². The Kier molecular flexibility index (Phi) is 3.89. The lowest BCUT2D eigenvalue weighted by Gasteiger charge is -2.20. The molecule has 3 nitrogen and oxygen atoms in total. The highest BCUT2D eigenvalue weighted by molar-refractivity contribution is 5.57. The normalized spacial score (nSPS) is 16.8. The van der Waals surface area contributed by atoms with Gasteiger partial charge in [-0.25, -0.2) is 0 Å². The van der Waals surface area contributed by atoms with Gasteiger partial charge in [0, 0.05) is 13.1 Å². The Labute approximate surface area is 110 Å². The zero-order chi connectivity index (χ0) is 14.0. The number of nitrogens with zero attached hydrogens (tertiary/aromatic N) is 1. The zero-order valence-electron chi connectivity index (χ0n) is 10.8. The lowest BCUT2D eigenvalue weighted by Crippen LogP contribution is -2.35. The van der Waals surface area contributed by atoms with Crippen LogP contribution in [0.15, 0.2) is 12.1 Å². The largest absolute Gasteiger partial charge is 0.495 e. The highest BCUT2D eigenvalue weighted by Crippen LogP contribution is 2.28. The van der Waals surface area contributed by atoms with Crippen LogP contribution in [-0.4, -0.2) is 37.8 Å². The fraction of sp³-hybridized carbons (Fsp3) is 0.538. The second kappa shape index (κ2) is 5.28. The summed E-state index contributed by atoms with van der Waals surface area (Å²) in [7, 11) is 1.53. The minimum atomic E-state index is -4.15. The molecule has 0 spiro atoms. The summed E-state index contributed by atoms with van der Waals surface area (Å²) in [5.41, 5.74) is 8.40. The van der Waals surface area contributed by atoms with Crippen LogP contribution in [0.4, 0.5) is 18.9 Å². The van der Waals surface area contributed by atoms with Gasteiger partial charge in [0.05, 0.1) is 19.3 Å². The van der Waals surface area contributed by atoms with Gasteiger partial charge in [0.1, 0.15) is 5.75 Å². The minimum absolute atomic E-state index is 0.401. The molecule has 1 aromatic carbocycles. The van der Waals surface area contributed by atoms with Gasteiger partial charge in [-0.2, -0.15) is 13.2 Å². The molecule has 0 radical (unpaired) electrons. The second-order valence-corrected chi connectivity index (χ2v) is 4.75. The first-order valence-corrected chi connectivity index (χ1v) is 6.13. The number of fused-ring (bicyclic) bond motifs is 1. The van der Waals surface area contributed by atoms with Gasteiger partial charge in [-0.05, 0) is 36.1 Å². The maximum Gasteiger partial charge on any atom is 0.401 e. The third-order valence-corrected chi connectivity index (χ3v) is 3.35. The molecule has 2 rings (SSSR count). The average molecular weight is 274 g/mol. The molecule has 0 unspecified atom stereocenters. The van der Waals surface area contributed by atoms with Crippen LogP contribution in [0.5, 0.6) is 5.75 Å². The second-order valence-electron chi connectivity index (χ2n) is 4.75. The van der Waals surface area contributed by atoms with E-state index in [1.807, 2.05) is 12.1 Å². The summed E-state index contributed by atoms with van der Waals surface area (Å²) in [4.78, 5) is 1.43. The van der Waals surface area contributed by atoms with Crippen molar-refractivity contribution in [3.05, 3.63) is 23.3 Å². The van der Waals surface area contributed by atoms with Crippen molar-refractivity contribution in [3.63, 3.8) is 0 Å². The summed E-state index contributed by atoms with van der Waals surface area (Å²) in [5.74, 6) is 0.586. The van der Waals surface area contributed by atoms with Gasteiger partial charge in [-0.15, -0.1) is 0 Å². The highest BCUT2D eigenvalue weighted by Gasteiger charge is 2.31. The van der Waals surface area contributed by atoms with Gasteiger partial charge >= 0.3 is 6.18 Å². The van der Waals surface area contributed by atoms with E-state index in [1.54, 1.807) is 0 Å². The molecular weight excluding hydrogens is 257 g/mol. The highest BCUT2D eigenvalue weighted by atomic mass is 19.4. The number of alkyl halides is 3. The first kappa shape index (κ1) is 14.0. The summed E-state index contributed by atoms with van der Waals surface area (Å²) < 4.78 is 42.3. The molecule has 0 amide bonds. The monoisotopic (exact) mass is 274 g/mol. The molecule has 1 aliphatic rings. The summed E-state index contributed by atoms with van der Waals surface area (Å²) in [5, 5.41) is 0. The van der Waals surface area contributed by atoms with E-state index in [-0.39, 0.29) is 0 Å². The molecule has 0 fully saturated rings. The molecule has 0 saturated heterocycles. The molecule has 0 aromatic heterocycles. The number of anilines is 1. The number of rotatable bonds is 2. The molecule has 6 heteroatoms. The van der Waals surface area contributed by atoms with Gasteiger partial charge in [-0.3, -0.25) is 4.90 Å². The van der Waals surface area contributed by atoms with Crippen LogP contribution in [-0.2, 0) is 12.8 Å². The first-order chi connectivity index (χ1) is 8.89. The number of halogens is 3. The van der Waals surface area contributed by atoms with E-state index in [2.05, 4.69) is 0 Å². The molecular formula is C13H17F3N2O. The van der Waals surface area contributed by atoms with Crippen LogP contribution < -0.4 is 10.5 Å². The number of ether oxygens (including phenoxy) is 1. The topological polar surface area (TPSA) is 38.5 Å². The number of hydrogen-bond acceptors (Lipinski definition) is 3. The van der Waals surface area contributed by atoms with Crippen LogP contribution in [0.25, 0.3) is 0 Å². The quantitative estimate of drug-likeness (QED) is 0.841. The number of nitrogens with two attached hydrogens (primary N) is 1. The van der Waals surface area contributed by atoms with E-state index in [0.29, 0.717) is 37.4 Å². The molecule has 19 heavy (non-hydrogen) atoms. The number of hydrogen-bond donors (Lipinski definition) is 1. The summed E-state index contributed by atoms with van der Waals surface area (Å²) in [6.45, 7) is -0.0501. The Balaban J connectivity index is 2.14. The average Bonchev–Trinajstić information content (AvgIpc) is 2.49. The predicted molar refractivity (Wildman–Crippen MR) is 67.3 cm³/mol. The zero-order valence-corrected chi connectivity index (χ0v) is 10.8. The van der Waals surface area contributed by atoms with Crippen LogP contribution in [0, 0.1) is 0 Å². The fourth-order valence-corrected chi connectivity index (χ4v) is 2.41. The Bertz CT molecular complexity index is 460. The molecule has 0 bridgehead atoms.